The number of hydrogen-bond acceptors (Lipinski definition) is 3. The molecule has 1 amide bonds. The molecular weight excluding hydrogens is 234 g/mol. The molecule has 4 heteroatoms. The van der Waals surface area contributed by atoms with Crippen LogP contribution in [0.4, 0.5) is 5.69 Å². The predicted molar refractivity (Wildman–Crippen MR) is 68.6 cm³/mol. The summed E-state index contributed by atoms with van der Waals surface area (Å²) in [6.45, 7) is 0.227. The largest absolute Gasteiger partial charge is 0.395 e. The average Bonchev–Trinajstić information content (AvgIpc) is 3.15. The van der Waals surface area contributed by atoms with Gasteiger partial charge in [-0.25, -0.2) is 0 Å². The van der Waals surface area contributed by atoms with E-state index in [0.717, 1.165) is 23.4 Å². The normalized spacial score (nSPS) is 21.3. The summed E-state index contributed by atoms with van der Waals surface area (Å²) < 4.78 is 0. The number of thioether (sulfide) groups is 1. The van der Waals surface area contributed by atoms with Gasteiger partial charge in [-0.15, -0.1) is 11.8 Å². The number of amides is 1. The van der Waals surface area contributed by atoms with E-state index < -0.39 is 0 Å². The Hall–Kier alpha value is -1.00. The summed E-state index contributed by atoms with van der Waals surface area (Å²) >= 11 is 1.60. The molecule has 1 saturated carbocycles. The number of benzene rings is 1. The van der Waals surface area contributed by atoms with Gasteiger partial charge in [-0.2, -0.15) is 0 Å². The third-order valence-corrected chi connectivity index (χ3v) is 4.84. The van der Waals surface area contributed by atoms with Crippen molar-refractivity contribution in [3.8, 4) is 0 Å². The molecule has 1 N–H and O–H groups in total. The molecule has 1 aromatic carbocycles. The van der Waals surface area contributed by atoms with Crippen LogP contribution in [0.2, 0.25) is 0 Å². The van der Waals surface area contributed by atoms with Crippen LogP contribution in [0, 0.1) is 0 Å². The molecule has 0 spiro atoms. The maximum absolute atomic E-state index is 11.6. The monoisotopic (exact) mass is 249 g/mol. The van der Waals surface area contributed by atoms with Crippen molar-refractivity contribution in [2.45, 2.75) is 23.2 Å². The highest BCUT2D eigenvalue weighted by Crippen LogP contribution is 2.49. The first kappa shape index (κ1) is 11.1. The predicted octanol–water partition coefficient (Wildman–Crippen LogP) is 1.78. The molecule has 17 heavy (non-hydrogen) atoms. The Morgan fingerprint density at radius 3 is 2.88 bits per heavy atom. The highest BCUT2D eigenvalue weighted by Gasteiger charge is 2.44. The SMILES string of the molecule is CN1C(=O)CSc2cc(C3(CO)CC3)ccc21. The van der Waals surface area contributed by atoms with Gasteiger partial charge in [-0.05, 0) is 30.5 Å². The molecule has 90 valence electrons. The number of aliphatic hydroxyl groups is 1. The zero-order valence-electron chi connectivity index (χ0n) is 9.77. The lowest BCUT2D eigenvalue weighted by Gasteiger charge is -2.26. The van der Waals surface area contributed by atoms with Crippen molar-refractivity contribution in [2.75, 3.05) is 24.3 Å². The first-order chi connectivity index (χ1) is 8.16. The molecule has 1 aliphatic heterocycles. The van der Waals surface area contributed by atoms with Crippen LogP contribution >= 0.6 is 11.8 Å². The molecule has 1 fully saturated rings. The summed E-state index contributed by atoms with van der Waals surface area (Å²) in [5.41, 5.74) is 2.22. The second-order valence-corrected chi connectivity index (χ2v) is 5.88. The molecule has 0 aromatic heterocycles. The van der Waals surface area contributed by atoms with Gasteiger partial charge < -0.3 is 10.0 Å². The second-order valence-electron chi connectivity index (χ2n) is 4.86. The number of carbonyl (C=O) groups is 1. The van der Waals surface area contributed by atoms with Crippen LogP contribution in [0.3, 0.4) is 0 Å². The number of aliphatic hydroxyl groups excluding tert-OH is 1. The number of fused-ring (bicyclic) bond motifs is 1. The van der Waals surface area contributed by atoms with Gasteiger partial charge in [0.15, 0.2) is 0 Å². The van der Waals surface area contributed by atoms with E-state index in [-0.39, 0.29) is 17.9 Å². The van der Waals surface area contributed by atoms with Crippen molar-refractivity contribution in [1.82, 2.24) is 0 Å². The van der Waals surface area contributed by atoms with Gasteiger partial charge in [0, 0.05) is 17.4 Å². The molecule has 0 bridgehead atoms. The Morgan fingerprint density at radius 2 is 2.24 bits per heavy atom. The molecule has 1 heterocycles. The van der Waals surface area contributed by atoms with Crippen molar-refractivity contribution < 1.29 is 9.90 Å². The molecule has 3 rings (SSSR count). The summed E-state index contributed by atoms with van der Waals surface area (Å²) in [5.74, 6) is 0.664. The third-order valence-electron chi connectivity index (χ3n) is 3.82. The number of rotatable bonds is 2. The third kappa shape index (κ3) is 1.67. The topological polar surface area (TPSA) is 40.5 Å². The van der Waals surface area contributed by atoms with E-state index in [4.69, 9.17) is 0 Å². The average molecular weight is 249 g/mol. The molecule has 0 atom stereocenters. The van der Waals surface area contributed by atoms with Crippen molar-refractivity contribution in [3.63, 3.8) is 0 Å². The zero-order chi connectivity index (χ0) is 12.0. The van der Waals surface area contributed by atoms with Crippen LogP contribution in [0.15, 0.2) is 23.1 Å². The lowest BCUT2D eigenvalue weighted by atomic mass is 9.96. The molecule has 1 aliphatic carbocycles. The van der Waals surface area contributed by atoms with E-state index in [9.17, 15) is 9.90 Å². The zero-order valence-corrected chi connectivity index (χ0v) is 10.6. The van der Waals surface area contributed by atoms with E-state index in [0.29, 0.717) is 5.75 Å². The lowest BCUT2D eigenvalue weighted by molar-refractivity contribution is -0.116. The first-order valence-electron chi connectivity index (χ1n) is 5.81. The fourth-order valence-electron chi connectivity index (χ4n) is 2.30. The molecule has 0 saturated heterocycles. The quantitative estimate of drug-likeness (QED) is 0.868. The summed E-state index contributed by atoms with van der Waals surface area (Å²) in [7, 11) is 1.82. The maximum Gasteiger partial charge on any atom is 0.237 e. The molecule has 1 aromatic rings. The smallest absolute Gasteiger partial charge is 0.237 e. The summed E-state index contributed by atoms with van der Waals surface area (Å²) in [4.78, 5) is 14.4. The van der Waals surface area contributed by atoms with E-state index in [1.807, 2.05) is 13.1 Å². The first-order valence-corrected chi connectivity index (χ1v) is 6.80. The Morgan fingerprint density at radius 1 is 1.47 bits per heavy atom. The van der Waals surface area contributed by atoms with Crippen LogP contribution in [-0.2, 0) is 10.2 Å². The van der Waals surface area contributed by atoms with E-state index in [1.54, 1.807) is 16.7 Å². The van der Waals surface area contributed by atoms with Gasteiger partial charge in [-0.1, -0.05) is 6.07 Å². The van der Waals surface area contributed by atoms with Crippen LogP contribution in [0.1, 0.15) is 18.4 Å². The van der Waals surface area contributed by atoms with Gasteiger partial charge in [0.2, 0.25) is 5.91 Å². The van der Waals surface area contributed by atoms with Crippen molar-refractivity contribution in [2.24, 2.45) is 0 Å². The number of nitrogens with zero attached hydrogens (tertiary/aromatic N) is 1. The van der Waals surface area contributed by atoms with Gasteiger partial charge in [0.25, 0.3) is 0 Å². The van der Waals surface area contributed by atoms with Crippen LogP contribution in [0.25, 0.3) is 0 Å². The van der Waals surface area contributed by atoms with Crippen LogP contribution in [-0.4, -0.2) is 30.4 Å². The Balaban J connectivity index is 2.00. The molecule has 0 unspecified atom stereocenters. The summed E-state index contributed by atoms with van der Waals surface area (Å²) in [6, 6.07) is 6.20. The van der Waals surface area contributed by atoms with Gasteiger partial charge in [0.1, 0.15) is 0 Å². The van der Waals surface area contributed by atoms with Crippen molar-refractivity contribution >= 4 is 23.4 Å². The van der Waals surface area contributed by atoms with Gasteiger partial charge in [-0.3, -0.25) is 4.79 Å². The van der Waals surface area contributed by atoms with E-state index >= 15 is 0 Å². The minimum Gasteiger partial charge on any atom is -0.395 e. The molecular formula is C13H15NO2S. The van der Waals surface area contributed by atoms with E-state index in [2.05, 4.69) is 12.1 Å². The number of anilines is 1. The fourth-order valence-corrected chi connectivity index (χ4v) is 3.33. The summed E-state index contributed by atoms with van der Waals surface area (Å²) in [5, 5.41) is 9.44. The lowest BCUT2D eigenvalue weighted by Crippen LogP contribution is -2.31. The number of hydrogen-bond donors (Lipinski definition) is 1. The Kier molecular flexibility index (Phi) is 2.45. The summed E-state index contributed by atoms with van der Waals surface area (Å²) in [6.07, 6.45) is 2.14. The van der Waals surface area contributed by atoms with Crippen LogP contribution < -0.4 is 4.90 Å². The minimum atomic E-state index is 0.00954. The molecule has 3 nitrogen and oxygen atoms in total. The minimum absolute atomic E-state index is 0.00954. The highest BCUT2D eigenvalue weighted by atomic mass is 32.2. The molecule has 0 radical (unpaired) electrons. The number of carbonyl (C=O) groups excluding carboxylic acids is 1. The standard InChI is InChI=1S/C13H15NO2S/c1-14-10-3-2-9(13(8-15)4-5-13)6-11(10)17-7-12(14)16/h2-3,6,15H,4-5,7-8H2,1H3. The Bertz CT molecular complexity index is 482. The highest BCUT2D eigenvalue weighted by molar-refractivity contribution is 8.00. The van der Waals surface area contributed by atoms with Crippen molar-refractivity contribution in [1.29, 1.82) is 0 Å². The van der Waals surface area contributed by atoms with Crippen molar-refractivity contribution in [3.05, 3.63) is 23.8 Å². The fraction of sp³-hybridized carbons (Fsp3) is 0.462. The van der Waals surface area contributed by atoms with E-state index in [1.165, 1.54) is 5.56 Å². The Labute approximate surface area is 105 Å². The van der Waals surface area contributed by atoms with Gasteiger partial charge >= 0.3 is 0 Å². The maximum atomic E-state index is 11.6. The second kappa shape index (κ2) is 3.75. The van der Waals surface area contributed by atoms with Crippen LogP contribution in [0.5, 0.6) is 0 Å². The van der Waals surface area contributed by atoms with Gasteiger partial charge in [0.05, 0.1) is 18.0 Å². The molecule has 2 aliphatic rings.